The van der Waals surface area contributed by atoms with Crippen LogP contribution in [0.3, 0.4) is 0 Å². The number of nitrogens with two attached hydrogens (primary N) is 1. The number of halogens is 1. The van der Waals surface area contributed by atoms with E-state index in [1.54, 1.807) is 0 Å². The third-order valence-electron chi connectivity index (χ3n) is 3.09. The maximum Gasteiger partial charge on any atom is 0.0791 e. The molecule has 0 bridgehead atoms. The lowest BCUT2D eigenvalue weighted by molar-refractivity contribution is 0.625. The third kappa shape index (κ3) is 1.91. The Balaban J connectivity index is 2.37. The topological polar surface area (TPSA) is 29.3 Å². The van der Waals surface area contributed by atoms with Crippen LogP contribution in [0.2, 0.25) is 5.02 Å². The number of hydrogen-bond donors (Lipinski definition) is 1. The number of benzene rings is 1. The van der Waals surface area contributed by atoms with Crippen molar-refractivity contribution in [1.29, 1.82) is 0 Å². The first-order chi connectivity index (χ1) is 7.09. The van der Waals surface area contributed by atoms with Gasteiger partial charge in [-0.05, 0) is 31.4 Å². The molecule has 82 valence electrons. The Morgan fingerprint density at radius 1 is 1.40 bits per heavy atom. The van der Waals surface area contributed by atoms with Gasteiger partial charge in [0.1, 0.15) is 0 Å². The lowest BCUT2D eigenvalue weighted by atomic mass is 10.1. The van der Waals surface area contributed by atoms with Gasteiger partial charge < -0.3 is 10.6 Å². The van der Waals surface area contributed by atoms with E-state index in [0.29, 0.717) is 6.04 Å². The summed E-state index contributed by atoms with van der Waals surface area (Å²) < 4.78 is 0. The highest BCUT2D eigenvalue weighted by Gasteiger charge is 2.28. The molecule has 15 heavy (non-hydrogen) atoms. The SMILES string of the molecule is CC1CC(C)N(c2c(N)cccc2Cl)C1. The van der Waals surface area contributed by atoms with Crippen molar-refractivity contribution in [2.75, 3.05) is 17.2 Å². The van der Waals surface area contributed by atoms with Crippen molar-refractivity contribution in [1.82, 2.24) is 0 Å². The van der Waals surface area contributed by atoms with Gasteiger partial charge in [-0.1, -0.05) is 24.6 Å². The lowest BCUT2D eigenvalue weighted by Crippen LogP contribution is -2.27. The fraction of sp³-hybridized carbons (Fsp3) is 0.500. The summed E-state index contributed by atoms with van der Waals surface area (Å²) in [6, 6.07) is 6.24. The van der Waals surface area contributed by atoms with Crippen LogP contribution < -0.4 is 10.6 Å². The standard InChI is InChI=1S/C12H17ClN2/c1-8-6-9(2)15(7-8)12-10(13)4-3-5-11(12)14/h3-5,8-9H,6-7,14H2,1-2H3. The molecule has 2 rings (SSSR count). The summed E-state index contributed by atoms with van der Waals surface area (Å²) in [5.41, 5.74) is 7.77. The second-order valence-corrected chi connectivity index (χ2v) is 4.93. The van der Waals surface area contributed by atoms with Crippen LogP contribution in [0, 0.1) is 5.92 Å². The summed E-state index contributed by atoms with van der Waals surface area (Å²) in [5, 5.41) is 0.760. The molecule has 0 saturated carbocycles. The van der Waals surface area contributed by atoms with Gasteiger partial charge in [-0.3, -0.25) is 0 Å². The summed E-state index contributed by atoms with van der Waals surface area (Å²) in [5.74, 6) is 0.718. The number of nitrogen functional groups attached to an aromatic ring is 1. The number of para-hydroxylation sites is 1. The molecule has 1 saturated heterocycles. The zero-order chi connectivity index (χ0) is 11.0. The minimum Gasteiger partial charge on any atom is -0.397 e. The molecule has 0 spiro atoms. The summed E-state index contributed by atoms with van der Waals surface area (Å²) in [7, 11) is 0. The van der Waals surface area contributed by atoms with E-state index in [0.717, 1.165) is 28.9 Å². The van der Waals surface area contributed by atoms with Crippen molar-refractivity contribution in [2.24, 2.45) is 5.92 Å². The fourth-order valence-electron chi connectivity index (χ4n) is 2.45. The van der Waals surface area contributed by atoms with Crippen LogP contribution in [0.4, 0.5) is 11.4 Å². The Labute approximate surface area is 96.0 Å². The van der Waals surface area contributed by atoms with Crippen molar-refractivity contribution in [3.63, 3.8) is 0 Å². The summed E-state index contributed by atoms with van der Waals surface area (Å²) in [6.07, 6.45) is 1.21. The van der Waals surface area contributed by atoms with E-state index in [1.165, 1.54) is 6.42 Å². The minimum absolute atomic E-state index is 0.530. The molecule has 0 aliphatic carbocycles. The summed E-state index contributed by atoms with van der Waals surface area (Å²) in [6.45, 7) is 5.55. The van der Waals surface area contributed by atoms with E-state index < -0.39 is 0 Å². The zero-order valence-corrected chi connectivity index (χ0v) is 9.96. The van der Waals surface area contributed by atoms with Crippen molar-refractivity contribution < 1.29 is 0 Å². The van der Waals surface area contributed by atoms with Crippen molar-refractivity contribution in [3.05, 3.63) is 23.2 Å². The highest BCUT2D eigenvalue weighted by Crippen LogP contribution is 2.37. The van der Waals surface area contributed by atoms with Crippen LogP contribution in [0.5, 0.6) is 0 Å². The molecule has 2 nitrogen and oxygen atoms in total. The van der Waals surface area contributed by atoms with Crippen LogP contribution in [0.25, 0.3) is 0 Å². The van der Waals surface area contributed by atoms with Gasteiger partial charge in [0, 0.05) is 12.6 Å². The van der Waals surface area contributed by atoms with Crippen LogP contribution in [0.15, 0.2) is 18.2 Å². The second-order valence-electron chi connectivity index (χ2n) is 4.52. The maximum atomic E-state index is 6.20. The minimum atomic E-state index is 0.530. The van der Waals surface area contributed by atoms with Crippen molar-refractivity contribution in [3.8, 4) is 0 Å². The normalized spacial score (nSPS) is 25.9. The smallest absolute Gasteiger partial charge is 0.0791 e. The Kier molecular flexibility index (Phi) is 2.79. The molecule has 1 aliphatic rings. The van der Waals surface area contributed by atoms with Gasteiger partial charge >= 0.3 is 0 Å². The fourth-order valence-corrected chi connectivity index (χ4v) is 2.74. The zero-order valence-electron chi connectivity index (χ0n) is 9.20. The predicted octanol–water partition coefficient (Wildman–Crippen LogP) is 3.16. The van der Waals surface area contributed by atoms with E-state index in [4.69, 9.17) is 17.3 Å². The van der Waals surface area contributed by atoms with E-state index in [-0.39, 0.29) is 0 Å². The van der Waals surface area contributed by atoms with Gasteiger partial charge in [0.2, 0.25) is 0 Å². The summed E-state index contributed by atoms with van der Waals surface area (Å²) in [4.78, 5) is 2.32. The molecule has 2 N–H and O–H groups in total. The molecule has 1 heterocycles. The van der Waals surface area contributed by atoms with E-state index >= 15 is 0 Å². The molecular weight excluding hydrogens is 208 g/mol. The van der Waals surface area contributed by atoms with Gasteiger partial charge in [-0.2, -0.15) is 0 Å². The van der Waals surface area contributed by atoms with Crippen LogP contribution in [-0.4, -0.2) is 12.6 Å². The molecule has 0 amide bonds. The summed E-state index contributed by atoms with van der Waals surface area (Å²) >= 11 is 6.20. The van der Waals surface area contributed by atoms with Gasteiger partial charge in [0.15, 0.2) is 0 Å². The first-order valence-corrected chi connectivity index (χ1v) is 5.78. The van der Waals surface area contributed by atoms with Crippen molar-refractivity contribution in [2.45, 2.75) is 26.3 Å². The highest BCUT2D eigenvalue weighted by molar-refractivity contribution is 6.34. The second kappa shape index (κ2) is 3.93. The molecule has 1 aromatic rings. The first-order valence-electron chi connectivity index (χ1n) is 5.40. The molecule has 2 atom stereocenters. The van der Waals surface area contributed by atoms with Gasteiger partial charge in [-0.25, -0.2) is 0 Å². The highest BCUT2D eigenvalue weighted by atomic mass is 35.5. The predicted molar refractivity (Wildman–Crippen MR) is 66.5 cm³/mol. The average molecular weight is 225 g/mol. The Bertz CT molecular complexity index is 344. The average Bonchev–Trinajstić information content (AvgIpc) is 2.45. The Morgan fingerprint density at radius 3 is 2.67 bits per heavy atom. The van der Waals surface area contributed by atoms with Crippen LogP contribution in [-0.2, 0) is 0 Å². The van der Waals surface area contributed by atoms with E-state index in [2.05, 4.69) is 18.7 Å². The van der Waals surface area contributed by atoms with Crippen molar-refractivity contribution >= 4 is 23.0 Å². The number of hydrogen-bond acceptors (Lipinski definition) is 2. The quantitative estimate of drug-likeness (QED) is 0.743. The molecule has 2 unspecified atom stereocenters. The first kappa shape index (κ1) is 10.6. The Morgan fingerprint density at radius 2 is 2.13 bits per heavy atom. The molecule has 0 radical (unpaired) electrons. The van der Waals surface area contributed by atoms with E-state index in [1.807, 2.05) is 18.2 Å². The molecule has 1 aliphatic heterocycles. The molecule has 3 heteroatoms. The maximum absolute atomic E-state index is 6.20. The largest absolute Gasteiger partial charge is 0.397 e. The number of anilines is 2. The lowest BCUT2D eigenvalue weighted by Gasteiger charge is -2.26. The third-order valence-corrected chi connectivity index (χ3v) is 3.39. The number of rotatable bonds is 1. The Hall–Kier alpha value is -0.890. The van der Waals surface area contributed by atoms with Gasteiger partial charge in [0.05, 0.1) is 16.4 Å². The van der Waals surface area contributed by atoms with Gasteiger partial charge in [0.25, 0.3) is 0 Å². The molecule has 0 aromatic heterocycles. The van der Waals surface area contributed by atoms with Crippen LogP contribution >= 0.6 is 11.6 Å². The molecule has 1 aromatic carbocycles. The molecule has 1 fully saturated rings. The van der Waals surface area contributed by atoms with Crippen LogP contribution in [0.1, 0.15) is 20.3 Å². The molecular formula is C12H17ClN2. The number of nitrogens with zero attached hydrogens (tertiary/aromatic N) is 1. The van der Waals surface area contributed by atoms with Gasteiger partial charge in [-0.15, -0.1) is 0 Å². The monoisotopic (exact) mass is 224 g/mol. The van der Waals surface area contributed by atoms with E-state index in [9.17, 15) is 0 Å².